The molecule has 0 aromatic heterocycles. The summed E-state index contributed by atoms with van der Waals surface area (Å²) in [6.45, 7) is 1.74. The molecule has 6 rings (SSSR count). The first-order chi connectivity index (χ1) is 20.1. The van der Waals surface area contributed by atoms with Crippen molar-refractivity contribution in [2.45, 2.75) is 44.6 Å². The Bertz CT molecular complexity index is 1500. The second-order valence-electron chi connectivity index (χ2n) is 10.6. The molecule has 0 aliphatic carbocycles. The van der Waals surface area contributed by atoms with Gasteiger partial charge in [0.2, 0.25) is 0 Å². The molecule has 6 heteroatoms. The Labute approximate surface area is 241 Å². The molecule has 2 aliphatic rings. The number of ketones is 1. The zero-order chi connectivity index (χ0) is 28.2. The molecule has 2 atom stereocenters. The molecule has 2 aliphatic heterocycles. The van der Waals surface area contributed by atoms with Crippen LogP contribution in [-0.2, 0) is 24.4 Å². The van der Waals surface area contributed by atoms with E-state index in [4.69, 9.17) is 18.9 Å². The molecule has 1 saturated heterocycles. The molecule has 4 aromatic carbocycles. The van der Waals surface area contributed by atoms with Gasteiger partial charge < -0.3 is 18.9 Å². The SMILES string of the molecule is COc1ccc([C@@H]2CC(=O)C[C@H]3c4cc(OCc5ccccc5)c(OCc5ccccc5)cc4CCN23)cc1OC. The lowest BCUT2D eigenvalue weighted by Gasteiger charge is -2.45. The van der Waals surface area contributed by atoms with Gasteiger partial charge in [-0.1, -0.05) is 66.7 Å². The number of nitrogens with zero attached hydrogens (tertiary/aromatic N) is 1. The largest absolute Gasteiger partial charge is 0.493 e. The predicted molar refractivity (Wildman–Crippen MR) is 158 cm³/mol. The standard InChI is InChI=1S/C35H35NO5/c1-38-32-14-13-27(18-33(32)39-2)30-19-28(37)20-31-29-21-35(41-23-25-11-7-4-8-12-25)34(17-26(29)15-16-36(30)31)40-22-24-9-5-3-6-10-24/h3-14,17-18,21,30-31H,15-16,19-20,22-23H2,1-2H3/t30-,31-/m0/s1. The van der Waals surface area contributed by atoms with Crippen molar-refractivity contribution in [1.29, 1.82) is 0 Å². The minimum Gasteiger partial charge on any atom is -0.493 e. The predicted octanol–water partition coefficient (Wildman–Crippen LogP) is 6.87. The van der Waals surface area contributed by atoms with Gasteiger partial charge in [-0.2, -0.15) is 0 Å². The van der Waals surface area contributed by atoms with Crippen LogP contribution < -0.4 is 18.9 Å². The second-order valence-corrected chi connectivity index (χ2v) is 10.6. The quantitative estimate of drug-likeness (QED) is 0.227. The van der Waals surface area contributed by atoms with Crippen LogP contribution in [0.15, 0.2) is 91.0 Å². The number of piperidine rings is 1. The van der Waals surface area contributed by atoms with E-state index < -0.39 is 0 Å². The molecule has 210 valence electrons. The number of methoxy groups -OCH3 is 2. The topological polar surface area (TPSA) is 57.2 Å². The van der Waals surface area contributed by atoms with Crippen molar-refractivity contribution in [3.63, 3.8) is 0 Å². The van der Waals surface area contributed by atoms with Crippen molar-refractivity contribution in [2.24, 2.45) is 0 Å². The molecular weight excluding hydrogens is 514 g/mol. The third-order valence-electron chi connectivity index (χ3n) is 8.11. The molecule has 1 fully saturated rings. The smallest absolute Gasteiger partial charge is 0.162 e. The lowest BCUT2D eigenvalue weighted by Crippen LogP contribution is -2.43. The number of Topliss-reactive ketones (excluding diaryl/α,β-unsaturated/α-hetero) is 1. The van der Waals surface area contributed by atoms with Gasteiger partial charge in [-0.3, -0.25) is 9.69 Å². The minimum absolute atomic E-state index is 0.0275. The van der Waals surface area contributed by atoms with Crippen LogP contribution in [-0.4, -0.2) is 31.4 Å². The number of carbonyl (C=O) groups excluding carboxylic acids is 1. The normalized spacial score (nSPS) is 18.2. The third-order valence-corrected chi connectivity index (χ3v) is 8.11. The second kappa shape index (κ2) is 12.1. The molecule has 0 spiro atoms. The molecule has 2 heterocycles. The number of fused-ring (bicyclic) bond motifs is 3. The average Bonchev–Trinajstić information content (AvgIpc) is 3.02. The molecule has 0 saturated carbocycles. The fraction of sp³-hybridized carbons (Fsp3) is 0.286. The lowest BCUT2D eigenvalue weighted by atomic mass is 9.81. The zero-order valence-electron chi connectivity index (χ0n) is 23.5. The van der Waals surface area contributed by atoms with Crippen LogP contribution >= 0.6 is 0 Å². The van der Waals surface area contributed by atoms with Gasteiger partial charge >= 0.3 is 0 Å². The highest BCUT2D eigenvalue weighted by Gasteiger charge is 2.40. The Balaban J connectivity index is 1.33. The molecule has 0 amide bonds. The van der Waals surface area contributed by atoms with Crippen LogP contribution in [0.3, 0.4) is 0 Å². The fourth-order valence-electron chi connectivity index (χ4n) is 6.03. The maximum absolute atomic E-state index is 13.2. The summed E-state index contributed by atoms with van der Waals surface area (Å²) in [5.74, 6) is 3.05. The first-order valence-corrected chi connectivity index (χ1v) is 14.1. The van der Waals surface area contributed by atoms with Gasteiger partial charge in [0.25, 0.3) is 0 Å². The summed E-state index contributed by atoms with van der Waals surface area (Å²) in [6.07, 6.45) is 1.83. The van der Waals surface area contributed by atoms with Gasteiger partial charge in [0.1, 0.15) is 19.0 Å². The van der Waals surface area contributed by atoms with Gasteiger partial charge in [0.15, 0.2) is 23.0 Å². The monoisotopic (exact) mass is 549 g/mol. The van der Waals surface area contributed by atoms with Crippen molar-refractivity contribution in [3.05, 3.63) is 119 Å². The highest BCUT2D eigenvalue weighted by molar-refractivity contribution is 5.81. The number of ether oxygens (including phenoxy) is 4. The summed E-state index contributed by atoms with van der Waals surface area (Å²) in [5, 5.41) is 0. The Hall–Kier alpha value is -4.29. The molecule has 6 nitrogen and oxygen atoms in total. The number of hydrogen-bond acceptors (Lipinski definition) is 6. The van der Waals surface area contributed by atoms with E-state index in [0.717, 1.165) is 41.0 Å². The molecule has 0 radical (unpaired) electrons. The van der Waals surface area contributed by atoms with E-state index in [9.17, 15) is 4.79 Å². The molecule has 0 bridgehead atoms. The highest BCUT2D eigenvalue weighted by Crippen LogP contribution is 2.47. The van der Waals surface area contributed by atoms with Crippen molar-refractivity contribution in [1.82, 2.24) is 4.90 Å². The Kier molecular flexibility index (Phi) is 7.92. The van der Waals surface area contributed by atoms with Crippen molar-refractivity contribution in [3.8, 4) is 23.0 Å². The number of hydrogen-bond donors (Lipinski definition) is 0. The van der Waals surface area contributed by atoms with E-state index in [1.54, 1.807) is 14.2 Å². The van der Waals surface area contributed by atoms with Gasteiger partial charge in [-0.05, 0) is 58.5 Å². The van der Waals surface area contributed by atoms with Gasteiger partial charge in [-0.25, -0.2) is 0 Å². The molecule has 0 unspecified atom stereocenters. The molecule has 4 aromatic rings. The van der Waals surface area contributed by atoms with Gasteiger partial charge in [0, 0.05) is 31.5 Å². The van der Waals surface area contributed by atoms with Crippen LogP contribution in [0.1, 0.15) is 52.7 Å². The maximum Gasteiger partial charge on any atom is 0.162 e. The van der Waals surface area contributed by atoms with E-state index in [2.05, 4.69) is 41.3 Å². The van der Waals surface area contributed by atoms with Crippen molar-refractivity contribution >= 4 is 5.78 Å². The number of benzene rings is 4. The Morgan fingerprint density at radius 1 is 0.683 bits per heavy atom. The van der Waals surface area contributed by atoms with E-state index in [-0.39, 0.29) is 17.9 Å². The molecular formula is C35H35NO5. The summed E-state index contributed by atoms with van der Waals surface area (Å²) in [4.78, 5) is 15.6. The summed E-state index contributed by atoms with van der Waals surface area (Å²) < 4.78 is 23.8. The summed E-state index contributed by atoms with van der Waals surface area (Å²) in [6, 6.07) is 30.4. The summed E-state index contributed by atoms with van der Waals surface area (Å²) in [7, 11) is 3.27. The van der Waals surface area contributed by atoms with Crippen molar-refractivity contribution in [2.75, 3.05) is 20.8 Å². The van der Waals surface area contributed by atoms with Crippen molar-refractivity contribution < 1.29 is 23.7 Å². The maximum atomic E-state index is 13.2. The molecule has 41 heavy (non-hydrogen) atoms. The Morgan fingerprint density at radius 3 is 1.93 bits per heavy atom. The minimum atomic E-state index is -0.0306. The lowest BCUT2D eigenvalue weighted by molar-refractivity contribution is -0.126. The van der Waals surface area contributed by atoms with E-state index >= 15 is 0 Å². The van der Waals surface area contributed by atoms with E-state index in [0.29, 0.717) is 43.3 Å². The molecule has 0 N–H and O–H groups in total. The average molecular weight is 550 g/mol. The first-order valence-electron chi connectivity index (χ1n) is 14.1. The fourth-order valence-corrected chi connectivity index (χ4v) is 6.03. The first kappa shape index (κ1) is 26.9. The van der Waals surface area contributed by atoms with Crippen LogP contribution in [0, 0.1) is 0 Å². The third kappa shape index (κ3) is 5.79. The van der Waals surface area contributed by atoms with E-state index in [1.165, 1.54) is 5.56 Å². The Morgan fingerprint density at radius 2 is 1.29 bits per heavy atom. The number of carbonyl (C=O) groups is 1. The zero-order valence-corrected chi connectivity index (χ0v) is 23.5. The van der Waals surface area contributed by atoms with Gasteiger partial charge in [0.05, 0.1) is 14.2 Å². The van der Waals surface area contributed by atoms with Crippen LogP contribution in [0.25, 0.3) is 0 Å². The van der Waals surface area contributed by atoms with Crippen LogP contribution in [0.5, 0.6) is 23.0 Å². The summed E-state index contributed by atoms with van der Waals surface area (Å²) >= 11 is 0. The van der Waals surface area contributed by atoms with E-state index in [1.807, 2.05) is 54.6 Å². The number of rotatable bonds is 9. The summed E-state index contributed by atoms with van der Waals surface area (Å²) in [5.41, 5.74) is 5.60. The van der Waals surface area contributed by atoms with Gasteiger partial charge in [-0.15, -0.1) is 0 Å². The van der Waals surface area contributed by atoms with Crippen LogP contribution in [0.2, 0.25) is 0 Å². The highest BCUT2D eigenvalue weighted by atomic mass is 16.5. The van der Waals surface area contributed by atoms with Crippen LogP contribution in [0.4, 0.5) is 0 Å².